The topological polar surface area (TPSA) is 293 Å². The second-order valence-electron chi connectivity index (χ2n) is 31.8. The lowest BCUT2D eigenvalue weighted by Crippen LogP contribution is -2.27. The number of carbonyl (C=O) groups excluding carboxylic acids is 2. The van der Waals surface area contributed by atoms with Crippen LogP contribution >= 0.6 is 0 Å². The van der Waals surface area contributed by atoms with Gasteiger partial charge in [-0.05, 0) is 187 Å². The van der Waals surface area contributed by atoms with Crippen molar-refractivity contribution in [2.24, 2.45) is 0 Å². The quantitative estimate of drug-likeness (QED) is 0.0293. The molecule has 4 aromatic carbocycles. The van der Waals surface area contributed by atoms with Gasteiger partial charge in [-0.2, -0.15) is 0 Å². The summed E-state index contributed by atoms with van der Waals surface area (Å²) in [6, 6.07) is 30.6. The first-order valence-corrected chi connectivity index (χ1v) is 46.1. The van der Waals surface area contributed by atoms with Crippen LogP contribution in [0.25, 0.3) is 33.4 Å². The van der Waals surface area contributed by atoms with Crippen molar-refractivity contribution >= 4 is 11.9 Å². The molecular weight excluding hydrogens is 1650 g/mol. The third-order valence-electron chi connectivity index (χ3n) is 19.3. The van der Waals surface area contributed by atoms with Crippen LogP contribution in [0.4, 0.5) is 0 Å². The van der Waals surface area contributed by atoms with Crippen molar-refractivity contribution in [3.05, 3.63) is 96.1 Å². The first kappa shape index (κ1) is 112. The molecule has 1 aliphatic rings. The fourth-order valence-electron chi connectivity index (χ4n) is 13.1. The molecule has 1 aliphatic carbocycles. The van der Waals surface area contributed by atoms with Crippen LogP contribution in [0.15, 0.2) is 84.9 Å². The van der Waals surface area contributed by atoms with Gasteiger partial charge < -0.3 is 133 Å². The number of esters is 2. The zero-order valence-electron chi connectivity index (χ0n) is 78.3. The minimum absolute atomic E-state index is 0.169. The smallest absolute Gasteiger partial charge is 0.306 e. The summed E-state index contributed by atoms with van der Waals surface area (Å²) in [7, 11) is 3.29. The summed E-state index contributed by atoms with van der Waals surface area (Å²) in [4.78, 5) is 24.6. The van der Waals surface area contributed by atoms with Crippen molar-refractivity contribution in [2.75, 3.05) is 331 Å². The maximum atomic E-state index is 12.3. The average Bonchev–Trinajstić information content (AvgIpc) is 1.56. The summed E-state index contributed by atoms with van der Waals surface area (Å²) in [5.74, 6) is 1.26. The monoisotopic (exact) mass is 1800 g/mol. The molecule has 0 heterocycles. The molecule has 0 fully saturated rings. The van der Waals surface area contributed by atoms with Crippen molar-refractivity contribution in [3.63, 3.8) is 0 Å². The molecule has 0 unspecified atom stereocenters. The predicted octanol–water partition coefficient (Wildman–Crippen LogP) is 13.1. The van der Waals surface area contributed by atoms with E-state index in [-0.39, 0.29) is 11.9 Å². The standard InChI is InChI=1S/C97H158O30/c1-95(2,3)126-93(98)17-11-9-13-35-124-87-25-19-83(20-26-87)85-23-29-89-90-30-24-86(84-21-27-88(28-22-84)125-36-14-10-12-18-94(99)127-96(4,5)6)82-92(90)97(91(89)81-85,31-15-33-102-41-43-106-49-51-110-57-59-114-65-67-118-73-75-122-79-77-120-71-69-116-63-61-112-55-53-108-47-45-104-39-37-100-7)32-16-34-103-42-44-107-50-52-111-58-60-115-66-68-119-74-76-123-80-78-121-72-70-117-64-62-113-56-54-109-48-46-105-40-38-101-8/h19-30,81-82H,9-18,31-80H2,1-8H3. The van der Waals surface area contributed by atoms with Crippen molar-refractivity contribution < 1.29 is 142 Å². The number of rotatable bonds is 90. The van der Waals surface area contributed by atoms with Gasteiger partial charge in [0.1, 0.15) is 22.7 Å². The Hall–Kier alpha value is -5.54. The molecule has 0 aromatic heterocycles. The van der Waals surface area contributed by atoms with E-state index >= 15 is 0 Å². The molecule has 0 radical (unpaired) electrons. The predicted molar refractivity (Wildman–Crippen MR) is 483 cm³/mol. The maximum absolute atomic E-state index is 12.3. The molecule has 0 spiro atoms. The molecule has 30 heteroatoms. The molecule has 726 valence electrons. The average molecular weight is 1800 g/mol. The summed E-state index contributed by atoms with van der Waals surface area (Å²) >= 11 is 0. The van der Waals surface area contributed by atoms with Crippen LogP contribution in [0.1, 0.15) is 130 Å². The normalized spacial score (nSPS) is 12.5. The minimum atomic E-state index is -0.491. The molecule has 0 N–H and O–H groups in total. The fourth-order valence-corrected chi connectivity index (χ4v) is 13.1. The lowest BCUT2D eigenvalue weighted by molar-refractivity contribution is -0.156. The summed E-state index contributed by atoms with van der Waals surface area (Å²) in [5.41, 5.74) is 8.00. The van der Waals surface area contributed by atoms with Gasteiger partial charge in [0, 0.05) is 45.7 Å². The third-order valence-corrected chi connectivity index (χ3v) is 19.3. The fraction of sp³-hybridized carbons (Fsp3) is 0.732. The van der Waals surface area contributed by atoms with Gasteiger partial charge in [-0.25, -0.2) is 0 Å². The lowest BCUT2D eigenvalue weighted by atomic mass is 9.70. The van der Waals surface area contributed by atoms with Crippen LogP contribution in [0.5, 0.6) is 11.5 Å². The summed E-state index contributed by atoms with van der Waals surface area (Å²) in [5, 5.41) is 0. The maximum Gasteiger partial charge on any atom is 0.306 e. The third kappa shape index (κ3) is 58.2. The number of benzene rings is 4. The molecule has 0 aliphatic heterocycles. The first-order chi connectivity index (χ1) is 62.2. The molecule has 0 saturated carbocycles. The molecule has 0 bridgehead atoms. The van der Waals surface area contributed by atoms with Crippen LogP contribution < -0.4 is 9.47 Å². The van der Waals surface area contributed by atoms with E-state index in [4.69, 9.17) is 133 Å². The number of carbonyl (C=O) groups is 2. The zero-order chi connectivity index (χ0) is 90.6. The number of ether oxygens (including phenoxy) is 28. The number of hydrogen-bond donors (Lipinski definition) is 0. The minimum Gasteiger partial charge on any atom is -0.494 e. The molecule has 30 nitrogen and oxygen atoms in total. The van der Waals surface area contributed by atoms with Gasteiger partial charge in [0.05, 0.1) is 304 Å². The second kappa shape index (κ2) is 75.9. The Bertz CT molecular complexity index is 3020. The summed E-state index contributed by atoms with van der Waals surface area (Å²) in [6.45, 7) is 34.8. The SMILES string of the molecule is COCCOCCOCCOCCOCCOCCOCCOCCOCCOCCOCCOCCCC1(CCCOCCOCCOCCOCCOCCOCCOCCOCCOCCOCCOCCOC)c2cc(-c3ccc(OCCCCCC(=O)OC(C)(C)C)cc3)ccc2-c2ccc(-c3ccc(OCCCCCC(=O)OC(C)(C)C)cc3)cc21. The van der Waals surface area contributed by atoms with Crippen LogP contribution in [0, 0.1) is 0 Å². The van der Waals surface area contributed by atoms with Crippen molar-refractivity contribution in [1.82, 2.24) is 0 Å². The number of hydrogen-bond acceptors (Lipinski definition) is 30. The molecule has 0 atom stereocenters. The molecule has 127 heavy (non-hydrogen) atoms. The van der Waals surface area contributed by atoms with Gasteiger partial charge in [0.2, 0.25) is 0 Å². The van der Waals surface area contributed by atoms with Crippen molar-refractivity contribution in [1.29, 1.82) is 0 Å². The Balaban J connectivity index is 1.05. The Morgan fingerprint density at radius 3 is 0.646 bits per heavy atom. The van der Waals surface area contributed by atoms with Gasteiger partial charge >= 0.3 is 11.9 Å². The first-order valence-electron chi connectivity index (χ1n) is 46.1. The van der Waals surface area contributed by atoms with Crippen LogP contribution in [0.2, 0.25) is 0 Å². The molecule has 0 amide bonds. The van der Waals surface area contributed by atoms with Crippen molar-refractivity contribution in [3.8, 4) is 44.9 Å². The van der Waals surface area contributed by atoms with Gasteiger partial charge in [0.25, 0.3) is 0 Å². The zero-order valence-corrected chi connectivity index (χ0v) is 78.3. The highest BCUT2D eigenvalue weighted by atomic mass is 16.6. The highest BCUT2D eigenvalue weighted by Gasteiger charge is 2.43. The van der Waals surface area contributed by atoms with Crippen LogP contribution in [-0.2, 0) is 138 Å². The van der Waals surface area contributed by atoms with E-state index in [1.54, 1.807) is 14.2 Å². The van der Waals surface area contributed by atoms with Gasteiger partial charge in [-0.1, -0.05) is 48.5 Å². The number of unbranched alkanes of at least 4 members (excludes halogenated alkanes) is 4. The Morgan fingerprint density at radius 2 is 0.433 bits per heavy atom. The molecule has 0 saturated heterocycles. The summed E-state index contributed by atoms with van der Waals surface area (Å²) in [6.07, 6.45) is 8.92. The van der Waals surface area contributed by atoms with E-state index in [2.05, 4.69) is 60.7 Å². The highest BCUT2D eigenvalue weighted by Crippen LogP contribution is 2.55. The Morgan fingerprint density at radius 1 is 0.228 bits per heavy atom. The summed E-state index contributed by atoms with van der Waals surface area (Å²) < 4.78 is 158. The number of methoxy groups -OCH3 is 2. The Labute approximate surface area is 758 Å². The van der Waals surface area contributed by atoms with E-state index in [1.807, 2.05) is 65.8 Å². The van der Waals surface area contributed by atoms with Gasteiger partial charge in [0.15, 0.2) is 0 Å². The van der Waals surface area contributed by atoms with Crippen LogP contribution in [-0.4, -0.2) is 354 Å². The highest BCUT2D eigenvalue weighted by molar-refractivity contribution is 5.86. The molecular formula is C97H158O30. The van der Waals surface area contributed by atoms with E-state index in [9.17, 15) is 9.59 Å². The second-order valence-corrected chi connectivity index (χ2v) is 31.8. The largest absolute Gasteiger partial charge is 0.494 e. The molecule has 4 aromatic rings. The van der Waals surface area contributed by atoms with Crippen LogP contribution in [0.3, 0.4) is 0 Å². The Kier molecular flexibility index (Phi) is 66.9. The molecule has 5 rings (SSSR count). The van der Waals surface area contributed by atoms with E-state index in [0.717, 1.165) is 98.0 Å². The number of fused-ring (bicyclic) bond motifs is 3. The van der Waals surface area contributed by atoms with Gasteiger partial charge in [-0.15, -0.1) is 0 Å². The van der Waals surface area contributed by atoms with Gasteiger partial charge in [-0.3, -0.25) is 9.59 Å². The van der Waals surface area contributed by atoms with E-state index < -0.39 is 16.6 Å². The van der Waals surface area contributed by atoms with E-state index in [0.29, 0.717) is 330 Å². The van der Waals surface area contributed by atoms with E-state index in [1.165, 1.54) is 22.3 Å². The van der Waals surface area contributed by atoms with Crippen molar-refractivity contribution in [2.45, 2.75) is 135 Å². The lowest BCUT2D eigenvalue weighted by Gasteiger charge is -2.33.